The molecule has 0 radical (unpaired) electrons. The molecule has 3 aromatic rings. The Balaban J connectivity index is 1.38. The molecule has 8 nitrogen and oxygen atoms in total. The lowest BCUT2D eigenvalue weighted by Gasteiger charge is -2.20. The topological polar surface area (TPSA) is 88.8 Å². The number of methoxy groups -OCH3 is 1. The standard InChI is InChI=1S/C21H23N5O3/c1-14-6-7-17(29-2)16(11-14)26-13-15(12-20(26)27)21(28)22-9-8-19-24-23-18-5-3-4-10-25(18)19/h3-7,10-11,15H,8-9,12-13H2,1-2H3,(H,22,28). The third-order valence-corrected chi connectivity index (χ3v) is 5.15. The number of nitrogens with zero attached hydrogens (tertiary/aromatic N) is 4. The van der Waals surface area contributed by atoms with E-state index in [1.807, 2.05) is 53.9 Å². The minimum absolute atomic E-state index is 0.0718. The number of pyridine rings is 1. The number of carbonyl (C=O) groups is 2. The average Bonchev–Trinajstić information content (AvgIpc) is 3.31. The lowest BCUT2D eigenvalue weighted by atomic mass is 10.1. The van der Waals surface area contributed by atoms with E-state index in [-0.39, 0.29) is 24.2 Å². The molecule has 1 N–H and O–H groups in total. The van der Waals surface area contributed by atoms with E-state index in [9.17, 15) is 9.59 Å². The van der Waals surface area contributed by atoms with Crippen LogP contribution in [-0.4, -0.2) is 46.6 Å². The van der Waals surface area contributed by atoms with Gasteiger partial charge in [0.1, 0.15) is 11.6 Å². The fourth-order valence-corrected chi connectivity index (χ4v) is 3.63. The van der Waals surface area contributed by atoms with Gasteiger partial charge in [0, 0.05) is 32.1 Å². The average molecular weight is 393 g/mol. The zero-order valence-corrected chi connectivity index (χ0v) is 16.5. The number of benzene rings is 1. The summed E-state index contributed by atoms with van der Waals surface area (Å²) < 4.78 is 7.29. The Hall–Kier alpha value is -3.42. The van der Waals surface area contributed by atoms with Gasteiger partial charge in [-0.2, -0.15) is 0 Å². The van der Waals surface area contributed by atoms with Crippen molar-refractivity contribution in [1.82, 2.24) is 19.9 Å². The molecule has 2 amide bonds. The molecule has 0 spiro atoms. The van der Waals surface area contributed by atoms with Gasteiger partial charge in [-0.3, -0.25) is 14.0 Å². The Bertz CT molecular complexity index is 1060. The monoisotopic (exact) mass is 393 g/mol. The normalized spacial score (nSPS) is 16.4. The van der Waals surface area contributed by atoms with Crippen LogP contribution in [0.1, 0.15) is 17.8 Å². The minimum Gasteiger partial charge on any atom is -0.495 e. The summed E-state index contributed by atoms with van der Waals surface area (Å²) in [4.78, 5) is 26.8. The van der Waals surface area contributed by atoms with Gasteiger partial charge in [0.05, 0.1) is 18.7 Å². The maximum Gasteiger partial charge on any atom is 0.227 e. The van der Waals surface area contributed by atoms with E-state index in [0.717, 1.165) is 17.0 Å². The van der Waals surface area contributed by atoms with Gasteiger partial charge in [-0.05, 0) is 36.8 Å². The summed E-state index contributed by atoms with van der Waals surface area (Å²) in [5, 5.41) is 11.2. The second-order valence-electron chi connectivity index (χ2n) is 7.17. The van der Waals surface area contributed by atoms with Gasteiger partial charge in [-0.1, -0.05) is 12.1 Å². The van der Waals surface area contributed by atoms with Gasteiger partial charge in [0.25, 0.3) is 0 Å². The summed E-state index contributed by atoms with van der Waals surface area (Å²) in [6, 6.07) is 11.4. The lowest BCUT2D eigenvalue weighted by molar-refractivity contribution is -0.126. The number of fused-ring (bicyclic) bond motifs is 1. The predicted molar refractivity (Wildman–Crippen MR) is 108 cm³/mol. The third kappa shape index (κ3) is 3.78. The summed E-state index contributed by atoms with van der Waals surface area (Å²) in [6.45, 7) is 2.74. The SMILES string of the molecule is COc1ccc(C)cc1N1CC(C(=O)NCCc2nnc3ccccn23)CC1=O. The first kappa shape index (κ1) is 18.9. The van der Waals surface area contributed by atoms with Gasteiger partial charge < -0.3 is 15.0 Å². The van der Waals surface area contributed by atoms with Crippen LogP contribution in [0.25, 0.3) is 5.65 Å². The molecule has 3 heterocycles. The number of nitrogens with one attached hydrogen (secondary N) is 1. The highest BCUT2D eigenvalue weighted by Gasteiger charge is 2.36. The molecule has 1 aromatic carbocycles. The quantitative estimate of drug-likeness (QED) is 0.689. The van der Waals surface area contributed by atoms with Crippen molar-refractivity contribution in [2.45, 2.75) is 19.8 Å². The number of amides is 2. The summed E-state index contributed by atoms with van der Waals surface area (Å²) in [6.07, 6.45) is 2.65. The van der Waals surface area contributed by atoms with E-state index in [1.54, 1.807) is 12.0 Å². The molecule has 1 saturated heterocycles. The Kier molecular flexibility index (Phi) is 5.16. The molecule has 0 bridgehead atoms. The molecule has 0 aliphatic carbocycles. The Labute approximate surface area is 168 Å². The molecule has 1 fully saturated rings. The molecule has 1 aliphatic heterocycles. The summed E-state index contributed by atoms with van der Waals surface area (Å²) in [5.41, 5.74) is 2.52. The molecule has 29 heavy (non-hydrogen) atoms. The van der Waals surface area contributed by atoms with Crippen LogP contribution in [0.5, 0.6) is 5.75 Å². The van der Waals surface area contributed by atoms with Crippen LogP contribution < -0.4 is 15.0 Å². The Morgan fingerprint density at radius 1 is 1.28 bits per heavy atom. The van der Waals surface area contributed by atoms with E-state index in [4.69, 9.17) is 4.74 Å². The fourth-order valence-electron chi connectivity index (χ4n) is 3.63. The van der Waals surface area contributed by atoms with E-state index in [1.165, 1.54) is 0 Å². The summed E-state index contributed by atoms with van der Waals surface area (Å²) in [5.74, 6) is 0.833. The molecule has 8 heteroatoms. The molecule has 150 valence electrons. The smallest absolute Gasteiger partial charge is 0.227 e. The molecular weight excluding hydrogens is 370 g/mol. The summed E-state index contributed by atoms with van der Waals surface area (Å²) in [7, 11) is 1.58. The molecule has 1 unspecified atom stereocenters. The lowest BCUT2D eigenvalue weighted by Crippen LogP contribution is -2.34. The Morgan fingerprint density at radius 3 is 2.97 bits per heavy atom. The second-order valence-corrected chi connectivity index (χ2v) is 7.17. The van der Waals surface area contributed by atoms with E-state index >= 15 is 0 Å². The first-order chi connectivity index (χ1) is 14.1. The van der Waals surface area contributed by atoms with Gasteiger partial charge in [0.15, 0.2) is 5.65 Å². The van der Waals surface area contributed by atoms with Crippen molar-refractivity contribution in [3.05, 3.63) is 54.0 Å². The molecular formula is C21H23N5O3. The summed E-state index contributed by atoms with van der Waals surface area (Å²) >= 11 is 0. The first-order valence-electron chi connectivity index (χ1n) is 9.58. The molecule has 4 rings (SSSR count). The number of hydrogen-bond acceptors (Lipinski definition) is 5. The second kappa shape index (κ2) is 7.90. The number of ether oxygens (including phenoxy) is 1. The minimum atomic E-state index is -0.386. The number of carbonyl (C=O) groups excluding carboxylic acids is 2. The predicted octanol–water partition coefficient (Wildman–Crippen LogP) is 1.76. The zero-order valence-electron chi connectivity index (χ0n) is 16.5. The number of aromatic nitrogens is 3. The van der Waals surface area contributed by atoms with Crippen LogP contribution in [-0.2, 0) is 16.0 Å². The van der Waals surface area contributed by atoms with E-state index in [0.29, 0.717) is 30.9 Å². The number of hydrogen-bond donors (Lipinski definition) is 1. The van der Waals surface area contributed by atoms with Crippen molar-refractivity contribution in [1.29, 1.82) is 0 Å². The molecule has 2 aromatic heterocycles. The number of rotatable bonds is 6. The molecule has 1 aliphatic rings. The largest absolute Gasteiger partial charge is 0.495 e. The van der Waals surface area contributed by atoms with E-state index in [2.05, 4.69) is 15.5 Å². The van der Waals surface area contributed by atoms with Crippen LogP contribution in [0.4, 0.5) is 5.69 Å². The van der Waals surface area contributed by atoms with Crippen molar-refractivity contribution in [3.63, 3.8) is 0 Å². The van der Waals surface area contributed by atoms with Gasteiger partial charge >= 0.3 is 0 Å². The van der Waals surface area contributed by atoms with Crippen molar-refractivity contribution >= 4 is 23.1 Å². The van der Waals surface area contributed by atoms with Gasteiger partial charge in [-0.15, -0.1) is 10.2 Å². The highest BCUT2D eigenvalue weighted by Crippen LogP contribution is 2.33. The zero-order chi connectivity index (χ0) is 20.4. The fraction of sp³-hybridized carbons (Fsp3) is 0.333. The van der Waals surface area contributed by atoms with Crippen LogP contribution in [0.2, 0.25) is 0 Å². The van der Waals surface area contributed by atoms with Gasteiger partial charge in [0.2, 0.25) is 11.8 Å². The van der Waals surface area contributed by atoms with Crippen molar-refractivity contribution in [2.24, 2.45) is 5.92 Å². The van der Waals surface area contributed by atoms with Crippen molar-refractivity contribution < 1.29 is 14.3 Å². The first-order valence-corrected chi connectivity index (χ1v) is 9.58. The molecule has 1 atom stereocenters. The Morgan fingerprint density at radius 2 is 2.14 bits per heavy atom. The van der Waals surface area contributed by atoms with E-state index < -0.39 is 0 Å². The third-order valence-electron chi connectivity index (χ3n) is 5.15. The van der Waals surface area contributed by atoms with Crippen molar-refractivity contribution in [3.8, 4) is 5.75 Å². The number of aryl methyl sites for hydroxylation is 1. The molecule has 0 saturated carbocycles. The highest BCUT2D eigenvalue weighted by atomic mass is 16.5. The van der Waals surface area contributed by atoms with Crippen LogP contribution in [0.3, 0.4) is 0 Å². The number of anilines is 1. The van der Waals surface area contributed by atoms with Crippen LogP contribution >= 0.6 is 0 Å². The van der Waals surface area contributed by atoms with Crippen LogP contribution in [0.15, 0.2) is 42.6 Å². The maximum absolute atomic E-state index is 12.6. The van der Waals surface area contributed by atoms with Crippen LogP contribution in [0, 0.1) is 12.8 Å². The van der Waals surface area contributed by atoms with Gasteiger partial charge in [-0.25, -0.2) is 0 Å². The highest BCUT2D eigenvalue weighted by molar-refractivity contribution is 6.01. The maximum atomic E-state index is 12.6. The van der Waals surface area contributed by atoms with Crippen molar-refractivity contribution in [2.75, 3.05) is 25.1 Å².